The number of amides is 2. The molecule has 2 N–H and O–H groups in total. The average molecular weight is 290 g/mol. The van der Waals surface area contributed by atoms with Crippen molar-refractivity contribution in [2.75, 3.05) is 13.2 Å². The highest BCUT2D eigenvalue weighted by Gasteiger charge is 2.30. The number of aliphatic hydroxyl groups is 1. The number of benzene rings is 1. The van der Waals surface area contributed by atoms with Crippen LogP contribution in [-0.2, 0) is 5.54 Å². The zero-order valence-electron chi connectivity index (χ0n) is 13.2. The number of urea groups is 1. The molecule has 1 heterocycles. The van der Waals surface area contributed by atoms with Crippen LogP contribution in [0.15, 0.2) is 24.3 Å². The van der Waals surface area contributed by atoms with Crippen LogP contribution in [0.3, 0.4) is 0 Å². The van der Waals surface area contributed by atoms with Crippen LogP contribution in [0, 0.1) is 6.92 Å². The number of aryl methyl sites for hydroxylation is 1. The van der Waals surface area contributed by atoms with Crippen molar-refractivity contribution in [3.05, 3.63) is 35.4 Å². The van der Waals surface area contributed by atoms with Crippen molar-refractivity contribution in [3.63, 3.8) is 0 Å². The van der Waals surface area contributed by atoms with Crippen molar-refractivity contribution in [1.29, 1.82) is 0 Å². The summed E-state index contributed by atoms with van der Waals surface area (Å²) in [5, 5.41) is 12.5. The monoisotopic (exact) mass is 290 g/mol. The van der Waals surface area contributed by atoms with Gasteiger partial charge in [0.2, 0.25) is 0 Å². The number of likely N-dealkylation sites (tertiary alicyclic amines) is 1. The van der Waals surface area contributed by atoms with Crippen LogP contribution in [0.2, 0.25) is 0 Å². The maximum atomic E-state index is 12.5. The van der Waals surface area contributed by atoms with Crippen LogP contribution >= 0.6 is 0 Å². The molecule has 0 spiro atoms. The van der Waals surface area contributed by atoms with E-state index in [0.29, 0.717) is 0 Å². The van der Waals surface area contributed by atoms with Crippen molar-refractivity contribution in [3.8, 4) is 0 Å². The summed E-state index contributed by atoms with van der Waals surface area (Å²) in [6.45, 7) is 6.83. The van der Waals surface area contributed by atoms with Gasteiger partial charge in [0, 0.05) is 6.54 Å². The maximum Gasteiger partial charge on any atom is 0.318 e. The summed E-state index contributed by atoms with van der Waals surface area (Å²) < 4.78 is 0. The van der Waals surface area contributed by atoms with Crippen LogP contribution in [0.4, 0.5) is 4.79 Å². The van der Waals surface area contributed by atoms with E-state index in [-0.39, 0.29) is 18.7 Å². The van der Waals surface area contributed by atoms with Crippen molar-refractivity contribution in [1.82, 2.24) is 10.2 Å². The number of piperidine rings is 1. The van der Waals surface area contributed by atoms with Crippen LogP contribution in [0.5, 0.6) is 0 Å². The van der Waals surface area contributed by atoms with Crippen molar-refractivity contribution >= 4 is 6.03 Å². The molecule has 1 aliphatic rings. The Morgan fingerprint density at radius 3 is 2.62 bits per heavy atom. The highest BCUT2D eigenvalue weighted by Crippen LogP contribution is 2.23. The Hall–Kier alpha value is -1.55. The van der Waals surface area contributed by atoms with E-state index in [9.17, 15) is 9.90 Å². The van der Waals surface area contributed by atoms with Gasteiger partial charge in [0.05, 0.1) is 18.2 Å². The standard InChI is InChI=1S/C17H26N2O2/c1-13-7-9-14(10-8-13)17(2,3)18-16(21)19-11-5-4-6-15(19)12-20/h7-10,15,20H,4-6,11-12H2,1-3H3,(H,18,21)/t15-/m1/s1. The Morgan fingerprint density at radius 1 is 1.33 bits per heavy atom. The molecule has 0 unspecified atom stereocenters. The third-order valence-corrected chi connectivity index (χ3v) is 4.29. The molecule has 116 valence electrons. The molecule has 0 aliphatic carbocycles. The summed E-state index contributed by atoms with van der Waals surface area (Å²) in [5.41, 5.74) is 1.86. The lowest BCUT2D eigenvalue weighted by molar-refractivity contribution is 0.103. The Kier molecular flexibility index (Phi) is 4.88. The summed E-state index contributed by atoms with van der Waals surface area (Å²) in [7, 11) is 0. The number of nitrogens with zero attached hydrogens (tertiary/aromatic N) is 1. The fraction of sp³-hybridized carbons (Fsp3) is 0.588. The molecular formula is C17H26N2O2. The number of hydrogen-bond acceptors (Lipinski definition) is 2. The van der Waals surface area contributed by atoms with Gasteiger partial charge in [-0.1, -0.05) is 29.8 Å². The van der Waals surface area contributed by atoms with Crippen LogP contribution in [0.25, 0.3) is 0 Å². The minimum atomic E-state index is -0.428. The van der Waals surface area contributed by atoms with E-state index < -0.39 is 5.54 Å². The Labute approximate surface area is 127 Å². The van der Waals surface area contributed by atoms with E-state index in [0.717, 1.165) is 31.4 Å². The Bertz CT molecular complexity index is 482. The lowest BCUT2D eigenvalue weighted by atomic mass is 9.93. The van der Waals surface area contributed by atoms with Crippen LogP contribution in [0.1, 0.15) is 44.2 Å². The summed E-state index contributed by atoms with van der Waals surface area (Å²) in [5.74, 6) is 0. The van der Waals surface area contributed by atoms with E-state index >= 15 is 0 Å². The molecule has 2 amide bonds. The predicted molar refractivity (Wildman–Crippen MR) is 84.2 cm³/mol. The molecule has 1 aromatic carbocycles. The fourth-order valence-corrected chi connectivity index (χ4v) is 2.84. The molecule has 0 aromatic heterocycles. The van der Waals surface area contributed by atoms with E-state index in [1.165, 1.54) is 5.56 Å². The van der Waals surface area contributed by atoms with Gasteiger partial charge in [-0.2, -0.15) is 0 Å². The van der Waals surface area contributed by atoms with Gasteiger partial charge in [0.15, 0.2) is 0 Å². The molecule has 0 radical (unpaired) electrons. The Balaban J connectivity index is 2.08. The van der Waals surface area contributed by atoms with Crippen molar-refractivity contribution in [2.45, 2.75) is 51.6 Å². The SMILES string of the molecule is Cc1ccc(C(C)(C)NC(=O)N2CCCC[C@@H]2CO)cc1. The highest BCUT2D eigenvalue weighted by atomic mass is 16.3. The van der Waals surface area contributed by atoms with Crippen LogP contribution < -0.4 is 5.32 Å². The van der Waals surface area contributed by atoms with Gasteiger partial charge >= 0.3 is 6.03 Å². The van der Waals surface area contributed by atoms with Gasteiger partial charge < -0.3 is 15.3 Å². The van der Waals surface area contributed by atoms with Crippen molar-refractivity contribution < 1.29 is 9.90 Å². The highest BCUT2D eigenvalue weighted by molar-refractivity contribution is 5.75. The van der Waals surface area contributed by atoms with E-state index in [4.69, 9.17) is 0 Å². The first-order valence-corrected chi connectivity index (χ1v) is 7.71. The molecule has 1 saturated heterocycles. The molecular weight excluding hydrogens is 264 g/mol. The van der Waals surface area contributed by atoms with E-state index in [1.807, 2.05) is 13.8 Å². The first-order valence-electron chi connectivity index (χ1n) is 7.71. The number of carbonyl (C=O) groups is 1. The van der Waals surface area contributed by atoms with Gasteiger partial charge in [-0.15, -0.1) is 0 Å². The van der Waals surface area contributed by atoms with Gasteiger partial charge in [0.25, 0.3) is 0 Å². The van der Waals surface area contributed by atoms with Gasteiger partial charge in [-0.25, -0.2) is 4.79 Å². The van der Waals surface area contributed by atoms with Gasteiger partial charge in [-0.3, -0.25) is 0 Å². The smallest absolute Gasteiger partial charge is 0.318 e. The first-order chi connectivity index (χ1) is 9.94. The fourth-order valence-electron chi connectivity index (χ4n) is 2.84. The summed E-state index contributed by atoms with van der Waals surface area (Å²) in [6, 6.07) is 8.08. The van der Waals surface area contributed by atoms with Gasteiger partial charge in [0.1, 0.15) is 0 Å². The lowest BCUT2D eigenvalue weighted by Crippen LogP contribution is -2.54. The minimum absolute atomic E-state index is 0.0401. The largest absolute Gasteiger partial charge is 0.394 e. The second-order valence-corrected chi connectivity index (χ2v) is 6.45. The molecule has 2 rings (SSSR count). The van der Waals surface area contributed by atoms with E-state index in [1.54, 1.807) is 4.90 Å². The number of aliphatic hydroxyl groups excluding tert-OH is 1. The number of hydrogen-bond donors (Lipinski definition) is 2. The third-order valence-electron chi connectivity index (χ3n) is 4.29. The minimum Gasteiger partial charge on any atom is -0.394 e. The topological polar surface area (TPSA) is 52.6 Å². The second-order valence-electron chi connectivity index (χ2n) is 6.45. The molecule has 21 heavy (non-hydrogen) atoms. The molecule has 1 atom stereocenters. The molecule has 4 nitrogen and oxygen atoms in total. The maximum absolute atomic E-state index is 12.5. The lowest BCUT2D eigenvalue weighted by Gasteiger charge is -2.37. The molecule has 0 bridgehead atoms. The van der Waals surface area contributed by atoms with Gasteiger partial charge in [-0.05, 0) is 45.6 Å². The number of carbonyl (C=O) groups excluding carboxylic acids is 1. The number of rotatable bonds is 3. The predicted octanol–water partition coefficient (Wildman–Crippen LogP) is 2.79. The quantitative estimate of drug-likeness (QED) is 0.899. The summed E-state index contributed by atoms with van der Waals surface area (Å²) in [4.78, 5) is 14.3. The zero-order chi connectivity index (χ0) is 15.5. The van der Waals surface area contributed by atoms with Crippen LogP contribution in [-0.4, -0.2) is 35.2 Å². The summed E-state index contributed by atoms with van der Waals surface area (Å²) in [6.07, 6.45) is 2.97. The Morgan fingerprint density at radius 2 is 2.00 bits per heavy atom. The van der Waals surface area contributed by atoms with E-state index in [2.05, 4.69) is 36.5 Å². The normalized spacial score (nSPS) is 19.4. The second kappa shape index (κ2) is 6.48. The molecule has 4 heteroatoms. The number of nitrogens with one attached hydrogen (secondary N) is 1. The summed E-state index contributed by atoms with van der Waals surface area (Å²) >= 11 is 0. The van der Waals surface area contributed by atoms with Crippen molar-refractivity contribution in [2.24, 2.45) is 0 Å². The zero-order valence-corrected chi connectivity index (χ0v) is 13.2. The third kappa shape index (κ3) is 3.76. The molecule has 0 saturated carbocycles. The molecule has 1 aliphatic heterocycles. The molecule has 1 fully saturated rings. The average Bonchev–Trinajstić information content (AvgIpc) is 2.47. The molecule has 1 aromatic rings. The first kappa shape index (κ1) is 15.8.